The van der Waals surface area contributed by atoms with E-state index >= 15 is 0 Å². The molecule has 0 aliphatic heterocycles. The molecular weight excluding hydrogens is 376 g/mol. The van der Waals surface area contributed by atoms with E-state index in [9.17, 15) is 4.39 Å². The zero-order valence-corrected chi connectivity index (χ0v) is 14.6. The second kappa shape index (κ2) is 7.59. The summed E-state index contributed by atoms with van der Waals surface area (Å²) in [5.74, 6) is -0.325. The van der Waals surface area contributed by atoms with E-state index in [2.05, 4.69) is 21.2 Å². The summed E-state index contributed by atoms with van der Waals surface area (Å²) in [6.45, 7) is 2.85. The van der Waals surface area contributed by atoms with Crippen molar-refractivity contribution in [3.05, 3.63) is 67.9 Å². The fraction of sp³-hybridized carbons (Fsp3) is 0.250. The summed E-state index contributed by atoms with van der Waals surface area (Å²) in [6, 6.07) is 10.4. The van der Waals surface area contributed by atoms with E-state index in [0.717, 1.165) is 22.1 Å². The van der Waals surface area contributed by atoms with Gasteiger partial charge in [0.25, 0.3) is 0 Å². The molecule has 0 radical (unpaired) electrons. The monoisotopic (exact) mass is 389 g/mol. The van der Waals surface area contributed by atoms with Crippen molar-refractivity contribution >= 4 is 39.1 Å². The van der Waals surface area contributed by atoms with Gasteiger partial charge in [-0.1, -0.05) is 52.1 Å². The van der Waals surface area contributed by atoms with Crippen LogP contribution in [0.1, 0.15) is 24.1 Å². The lowest BCUT2D eigenvalue weighted by molar-refractivity contribution is 0.548. The summed E-state index contributed by atoms with van der Waals surface area (Å²) in [6.07, 6.45) is 0.666. The highest BCUT2D eigenvalue weighted by Crippen LogP contribution is 2.28. The molecule has 0 spiro atoms. The van der Waals surface area contributed by atoms with Crippen LogP contribution in [0.3, 0.4) is 0 Å². The Labute approximate surface area is 142 Å². The number of likely N-dealkylation sites (N-methyl/N-ethyl adjacent to an activating group) is 1. The zero-order chi connectivity index (χ0) is 15.4. The van der Waals surface area contributed by atoms with Crippen LogP contribution in [0.4, 0.5) is 4.39 Å². The molecule has 21 heavy (non-hydrogen) atoms. The third-order valence-corrected chi connectivity index (χ3v) is 4.20. The summed E-state index contributed by atoms with van der Waals surface area (Å²) in [7, 11) is 0. The first-order valence-electron chi connectivity index (χ1n) is 6.63. The van der Waals surface area contributed by atoms with E-state index in [-0.39, 0.29) is 11.9 Å². The number of nitrogens with one attached hydrogen (secondary N) is 1. The number of rotatable bonds is 5. The van der Waals surface area contributed by atoms with E-state index < -0.39 is 0 Å². The molecule has 0 aliphatic rings. The first-order valence-corrected chi connectivity index (χ1v) is 8.17. The Morgan fingerprint density at radius 2 is 1.95 bits per heavy atom. The Balaban J connectivity index is 2.30. The third-order valence-electron chi connectivity index (χ3n) is 3.18. The van der Waals surface area contributed by atoms with Crippen LogP contribution in [-0.2, 0) is 6.42 Å². The van der Waals surface area contributed by atoms with E-state index in [1.54, 1.807) is 6.07 Å². The maximum absolute atomic E-state index is 13.1. The van der Waals surface area contributed by atoms with E-state index in [1.165, 1.54) is 12.1 Å². The second-order valence-electron chi connectivity index (χ2n) is 4.75. The van der Waals surface area contributed by atoms with Crippen LogP contribution in [0.15, 0.2) is 40.9 Å². The highest BCUT2D eigenvalue weighted by atomic mass is 79.9. The molecule has 1 atom stereocenters. The van der Waals surface area contributed by atoms with Gasteiger partial charge in [0.2, 0.25) is 0 Å². The van der Waals surface area contributed by atoms with Gasteiger partial charge in [-0.05, 0) is 54.4 Å². The molecule has 5 heteroatoms. The number of benzene rings is 2. The number of halogens is 4. The van der Waals surface area contributed by atoms with Gasteiger partial charge in [-0.3, -0.25) is 0 Å². The van der Waals surface area contributed by atoms with Crippen molar-refractivity contribution in [1.29, 1.82) is 0 Å². The minimum Gasteiger partial charge on any atom is -0.310 e. The average Bonchev–Trinajstić information content (AvgIpc) is 2.40. The maximum Gasteiger partial charge on any atom is 0.124 e. The molecule has 2 aromatic carbocycles. The molecule has 2 aromatic rings. The van der Waals surface area contributed by atoms with Gasteiger partial charge in [0.1, 0.15) is 5.82 Å². The van der Waals surface area contributed by atoms with E-state index in [1.807, 2.05) is 25.1 Å². The average molecular weight is 391 g/mol. The van der Waals surface area contributed by atoms with Crippen LogP contribution in [0, 0.1) is 5.82 Å². The summed E-state index contributed by atoms with van der Waals surface area (Å²) in [5.41, 5.74) is 1.97. The van der Waals surface area contributed by atoms with Crippen molar-refractivity contribution in [3.8, 4) is 0 Å². The number of hydrogen-bond donors (Lipinski definition) is 1. The van der Waals surface area contributed by atoms with Crippen LogP contribution in [-0.4, -0.2) is 6.54 Å². The van der Waals surface area contributed by atoms with Gasteiger partial charge in [0.15, 0.2) is 0 Å². The Hall–Kier alpha value is -0.610. The molecule has 0 saturated heterocycles. The van der Waals surface area contributed by atoms with Gasteiger partial charge in [-0.25, -0.2) is 4.39 Å². The van der Waals surface area contributed by atoms with Gasteiger partial charge in [0.05, 0.1) is 0 Å². The molecule has 2 rings (SSSR count). The summed E-state index contributed by atoms with van der Waals surface area (Å²) in [4.78, 5) is 0. The molecule has 0 heterocycles. The van der Waals surface area contributed by atoms with Crippen LogP contribution in [0.5, 0.6) is 0 Å². The predicted octanol–water partition coefficient (Wildman–Crippen LogP) is 5.79. The molecule has 1 unspecified atom stereocenters. The summed E-state index contributed by atoms with van der Waals surface area (Å²) < 4.78 is 14.1. The molecular formula is C16H15BrCl2FN. The molecule has 0 aromatic heterocycles. The van der Waals surface area contributed by atoms with Gasteiger partial charge >= 0.3 is 0 Å². The van der Waals surface area contributed by atoms with Gasteiger partial charge in [-0.2, -0.15) is 0 Å². The van der Waals surface area contributed by atoms with Gasteiger partial charge in [0, 0.05) is 20.6 Å². The second-order valence-corrected chi connectivity index (χ2v) is 6.51. The van der Waals surface area contributed by atoms with Crippen molar-refractivity contribution in [2.24, 2.45) is 0 Å². The van der Waals surface area contributed by atoms with Crippen LogP contribution in [0.25, 0.3) is 0 Å². The first kappa shape index (κ1) is 16.8. The standard InChI is InChI=1S/C16H15BrCl2FN/c1-2-21-16(11-5-12(17)8-13(18)6-11)7-10-3-4-14(20)9-15(10)19/h3-6,8-9,16,21H,2,7H2,1H3. The van der Waals surface area contributed by atoms with Gasteiger partial charge < -0.3 is 5.32 Å². The largest absolute Gasteiger partial charge is 0.310 e. The lowest BCUT2D eigenvalue weighted by Crippen LogP contribution is -2.23. The summed E-state index contributed by atoms with van der Waals surface area (Å²) in [5, 5.41) is 4.53. The quantitative estimate of drug-likeness (QED) is 0.681. The van der Waals surface area contributed by atoms with Crippen LogP contribution >= 0.6 is 39.1 Å². The molecule has 0 fully saturated rings. The van der Waals surface area contributed by atoms with Crippen molar-refractivity contribution in [1.82, 2.24) is 5.32 Å². The fourth-order valence-electron chi connectivity index (χ4n) is 2.24. The predicted molar refractivity (Wildman–Crippen MR) is 90.7 cm³/mol. The van der Waals surface area contributed by atoms with Crippen molar-refractivity contribution < 1.29 is 4.39 Å². The molecule has 1 nitrogen and oxygen atoms in total. The molecule has 0 saturated carbocycles. The molecule has 0 bridgehead atoms. The van der Waals surface area contributed by atoms with Crippen molar-refractivity contribution in [2.45, 2.75) is 19.4 Å². The molecule has 1 N–H and O–H groups in total. The smallest absolute Gasteiger partial charge is 0.124 e. The van der Waals surface area contributed by atoms with E-state index in [0.29, 0.717) is 16.5 Å². The third kappa shape index (κ3) is 4.68. The Morgan fingerprint density at radius 1 is 1.19 bits per heavy atom. The SMILES string of the molecule is CCNC(Cc1ccc(F)cc1Cl)c1cc(Cl)cc(Br)c1. The van der Waals surface area contributed by atoms with Crippen LogP contribution < -0.4 is 5.32 Å². The Bertz CT molecular complexity index is 613. The Kier molecular flexibility index (Phi) is 6.06. The molecule has 0 aliphatic carbocycles. The van der Waals surface area contributed by atoms with Gasteiger partial charge in [-0.15, -0.1) is 0 Å². The molecule has 0 amide bonds. The normalized spacial score (nSPS) is 12.4. The number of hydrogen-bond acceptors (Lipinski definition) is 1. The topological polar surface area (TPSA) is 12.0 Å². The van der Waals surface area contributed by atoms with Crippen molar-refractivity contribution in [2.75, 3.05) is 6.54 Å². The highest BCUT2D eigenvalue weighted by molar-refractivity contribution is 9.10. The lowest BCUT2D eigenvalue weighted by atomic mass is 9.98. The minimum atomic E-state index is -0.325. The van der Waals surface area contributed by atoms with Crippen LogP contribution in [0.2, 0.25) is 10.0 Å². The highest BCUT2D eigenvalue weighted by Gasteiger charge is 2.14. The molecule has 112 valence electrons. The fourth-order valence-corrected chi connectivity index (χ4v) is 3.37. The van der Waals surface area contributed by atoms with Crippen molar-refractivity contribution in [3.63, 3.8) is 0 Å². The first-order chi connectivity index (χ1) is 9.99. The lowest BCUT2D eigenvalue weighted by Gasteiger charge is -2.20. The maximum atomic E-state index is 13.1. The summed E-state index contributed by atoms with van der Waals surface area (Å²) >= 11 is 15.7. The zero-order valence-electron chi connectivity index (χ0n) is 11.5. The van der Waals surface area contributed by atoms with E-state index in [4.69, 9.17) is 23.2 Å². The Morgan fingerprint density at radius 3 is 2.57 bits per heavy atom. The minimum absolute atomic E-state index is 0.0629.